The summed E-state index contributed by atoms with van der Waals surface area (Å²) in [6.45, 7) is 2.82. The predicted molar refractivity (Wildman–Crippen MR) is 95.8 cm³/mol. The molecular formula is C18H26N2O4S. The van der Waals surface area contributed by atoms with E-state index in [9.17, 15) is 9.59 Å². The molecule has 138 valence electrons. The van der Waals surface area contributed by atoms with Gasteiger partial charge in [0.1, 0.15) is 6.61 Å². The highest BCUT2D eigenvalue weighted by molar-refractivity contribution is 7.12. The molecule has 7 heteroatoms. The second kappa shape index (κ2) is 8.78. The topological polar surface area (TPSA) is 59.1 Å². The molecule has 0 radical (unpaired) electrons. The Morgan fingerprint density at radius 3 is 2.80 bits per heavy atom. The van der Waals surface area contributed by atoms with Crippen LogP contribution in [0.4, 0.5) is 0 Å². The summed E-state index contributed by atoms with van der Waals surface area (Å²) >= 11 is 1.47. The van der Waals surface area contributed by atoms with Crippen LogP contribution in [0.2, 0.25) is 0 Å². The number of hydrogen-bond donors (Lipinski definition) is 0. The van der Waals surface area contributed by atoms with Crippen molar-refractivity contribution in [2.45, 2.75) is 37.8 Å². The fourth-order valence-corrected chi connectivity index (χ4v) is 4.48. The van der Waals surface area contributed by atoms with Gasteiger partial charge in [0.05, 0.1) is 4.88 Å². The maximum absolute atomic E-state index is 12.7. The third kappa shape index (κ3) is 4.40. The smallest absolute Gasteiger partial charge is 0.263 e. The third-order valence-electron chi connectivity index (χ3n) is 4.95. The molecule has 2 saturated heterocycles. The summed E-state index contributed by atoms with van der Waals surface area (Å²) in [6, 6.07) is 4.00. The van der Waals surface area contributed by atoms with E-state index in [0.717, 1.165) is 37.1 Å². The minimum absolute atomic E-state index is 0.0184. The van der Waals surface area contributed by atoms with E-state index in [1.165, 1.54) is 11.3 Å². The predicted octanol–water partition coefficient (Wildman–Crippen LogP) is 2.01. The minimum atomic E-state index is 0.0184. The molecule has 0 N–H and O–H groups in total. The van der Waals surface area contributed by atoms with Crippen molar-refractivity contribution in [2.24, 2.45) is 0 Å². The van der Waals surface area contributed by atoms with Crippen molar-refractivity contribution < 1.29 is 19.1 Å². The van der Waals surface area contributed by atoms with Crippen LogP contribution < -0.4 is 0 Å². The summed E-state index contributed by atoms with van der Waals surface area (Å²) in [4.78, 5) is 30.0. The molecule has 3 heterocycles. The molecule has 0 aromatic carbocycles. The summed E-state index contributed by atoms with van der Waals surface area (Å²) in [6.07, 6.45) is 3.55. The summed E-state index contributed by atoms with van der Waals surface area (Å²) in [5.41, 5.74) is 0. The van der Waals surface area contributed by atoms with Gasteiger partial charge in [-0.05, 0) is 37.1 Å². The quantitative estimate of drug-likeness (QED) is 0.800. The Bertz CT molecular complexity index is 572. The lowest BCUT2D eigenvalue weighted by Gasteiger charge is -2.44. The first-order chi connectivity index (χ1) is 12.2. The van der Waals surface area contributed by atoms with Gasteiger partial charge in [-0.3, -0.25) is 9.59 Å². The molecular weight excluding hydrogens is 340 g/mol. The Labute approximate surface area is 152 Å². The zero-order valence-electron chi connectivity index (χ0n) is 14.7. The number of carbonyl (C=O) groups is 2. The summed E-state index contributed by atoms with van der Waals surface area (Å²) in [5.74, 6) is 0.0932. The maximum Gasteiger partial charge on any atom is 0.263 e. The Morgan fingerprint density at radius 1 is 1.32 bits per heavy atom. The lowest BCUT2D eigenvalue weighted by atomic mass is 9.98. The van der Waals surface area contributed by atoms with Crippen molar-refractivity contribution in [3.8, 4) is 0 Å². The van der Waals surface area contributed by atoms with Gasteiger partial charge in [-0.1, -0.05) is 6.07 Å². The van der Waals surface area contributed by atoms with Gasteiger partial charge in [0.2, 0.25) is 5.91 Å². The van der Waals surface area contributed by atoms with Crippen molar-refractivity contribution in [1.82, 2.24) is 9.80 Å². The van der Waals surface area contributed by atoms with Gasteiger partial charge in [-0.15, -0.1) is 11.3 Å². The summed E-state index contributed by atoms with van der Waals surface area (Å²) < 4.78 is 10.6. The Kier molecular flexibility index (Phi) is 6.45. The average Bonchev–Trinajstić information content (AvgIpc) is 3.17. The fraction of sp³-hybridized carbons (Fsp3) is 0.667. The first kappa shape index (κ1) is 18.4. The van der Waals surface area contributed by atoms with Gasteiger partial charge in [-0.25, -0.2) is 0 Å². The van der Waals surface area contributed by atoms with Gasteiger partial charge < -0.3 is 19.3 Å². The molecule has 1 aromatic heterocycles. The Morgan fingerprint density at radius 2 is 2.12 bits per heavy atom. The summed E-state index contributed by atoms with van der Waals surface area (Å²) in [5, 5.41) is 1.92. The van der Waals surface area contributed by atoms with Crippen LogP contribution in [0, 0.1) is 0 Å². The van der Waals surface area contributed by atoms with E-state index in [1.54, 1.807) is 7.11 Å². The highest BCUT2D eigenvalue weighted by Crippen LogP contribution is 2.25. The standard InChI is InChI=1S/C18H26N2O4S/c1-23-13-17(21)20(14-6-9-24-10-7-14)15-4-2-8-19(12-15)18(22)16-5-3-11-25-16/h3,5,11,14-15H,2,4,6-10,12-13H2,1H3. The van der Waals surface area contributed by atoms with Crippen molar-refractivity contribution >= 4 is 23.2 Å². The van der Waals surface area contributed by atoms with Gasteiger partial charge >= 0.3 is 0 Å². The van der Waals surface area contributed by atoms with Crippen LogP contribution in [0.25, 0.3) is 0 Å². The molecule has 2 aliphatic rings. The van der Waals surface area contributed by atoms with Crippen molar-refractivity contribution in [1.29, 1.82) is 0 Å². The number of carbonyl (C=O) groups excluding carboxylic acids is 2. The van der Waals surface area contributed by atoms with Crippen molar-refractivity contribution in [3.05, 3.63) is 22.4 Å². The van der Waals surface area contributed by atoms with Crippen molar-refractivity contribution in [2.75, 3.05) is 40.0 Å². The average molecular weight is 366 g/mol. The van der Waals surface area contributed by atoms with Crippen LogP contribution >= 0.6 is 11.3 Å². The molecule has 1 aromatic rings. The van der Waals surface area contributed by atoms with Crippen LogP contribution in [0.5, 0.6) is 0 Å². The van der Waals surface area contributed by atoms with E-state index >= 15 is 0 Å². The molecule has 25 heavy (non-hydrogen) atoms. The van der Waals surface area contributed by atoms with Crippen LogP contribution in [0.3, 0.4) is 0 Å². The van der Waals surface area contributed by atoms with Crippen LogP contribution in [0.15, 0.2) is 17.5 Å². The van der Waals surface area contributed by atoms with Gasteiger partial charge in [0.15, 0.2) is 0 Å². The molecule has 0 bridgehead atoms. The van der Waals surface area contributed by atoms with Gasteiger partial charge in [0, 0.05) is 45.5 Å². The zero-order chi connectivity index (χ0) is 17.6. The lowest BCUT2D eigenvalue weighted by molar-refractivity contribution is -0.143. The van der Waals surface area contributed by atoms with Crippen molar-refractivity contribution in [3.63, 3.8) is 0 Å². The van der Waals surface area contributed by atoms with Crippen LogP contribution in [0.1, 0.15) is 35.4 Å². The van der Waals surface area contributed by atoms with E-state index in [2.05, 4.69) is 0 Å². The number of amides is 2. The maximum atomic E-state index is 12.7. The number of thiophene rings is 1. The molecule has 0 aliphatic carbocycles. The van der Waals surface area contributed by atoms with Crippen LogP contribution in [-0.2, 0) is 14.3 Å². The number of rotatable bonds is 5. The van der Waals surface area contributed by atoms with Crippen LogP contribution in [-0.4, -0.2) is 73.7 Å². The van der Waals surface area contributed by atoms with E-state index in [4.69, 9.17) is 9.47 Å². The molecule has 1 unspecified atom stereocenters. The van der Waals surface area contributed by atoms with E-state index < -0.39 is 0 Å². The van der Waals surface area contributed by atoms with Gasteiger partial charge in [0.25, 0.3) is 5.91 Å². The molecule has 3 rings (SSSR count). The number of likely N-dealkylation sites (tertiary alicyclic amines) is 1. The molecule has 0 saturated carbocycles. The molecule has 2 amide bonds. The number of hydrogen-bond acceptors (Lipinski definition) is 5. The molecule has 1 atom stereocenters. The highest BCUT2D eigenvalue weighted by atomic mass is 32.1. The second-order valence-corrected chi connectivity index (χ2v) is 7.55. The van der Waals surface area contributed by atoms with E-state index in [1.807, 2.05) is 27.3 Å². The Balaban J connectivity index is 1.72. The second-order valence-electron chi connectivity index (χ2n) is 6.60. The first-order valence-electron chi connectivity index (χ1n) is 8.91. The lowest BCUT2D eigenvalue weighted by Crippen LogP contribution is -2.56. The minimum Gasteiger partial charge on any atom is -0.381 e. The molecule has 2 fully saturated rings. The highest BCUT2D eigenvalue weighted by Gasteiger charge is 2.35. The third-order valence-corrected chi connectivity index (χ3v) is 5.81. The molecule has 2 aliphatic heterocycles. The monoisotopic (exact) mass is 366 g/mol. The fourth-order valence-electron chi connectivity index (χ4n) is 3.79. The number of methoxy groups -OCH3 is 1. The zero-order valence-corrected chi connectivity index (χ0v) is 15.5. The summed E-state index contributed by atoms with van der Waals surface area (Å²) in [7, 11) is 1.55. The largest absolute Gasteiger partial charge is 0.381 e. The SMILES string of the molecule is COCC(=O)N(C1CCOCC1)C1CCCN(C(=O)c2cccs2)C1. The van der Waals surface area contributed by atoms with E-state index in [0.29, 0.717) is 19.8 Å². The normalized spacial score (nSPS) is 22.0. The number of ether oxygens (including phenoxy) is 2. The molecule has 6 nitrogen and oxygen atoms in total. The first-order valence-corrected chi connectivity index (χ1v) is 9.79. The molecule has 0 spiro atoms. The van der Waals surface area contributed by atoms with E-state index in [-0.39, 0.29) is 30.5 Å². The number of nitrogens with zero attached hydrogens (tertiary/aromatic N) is 2. The Hall–Kier alpha value is -1.44. The van der Waals surface area contributed by atoms with Gasteiger partial charge in [-0.2, -0.15) is 0 Å². The number of piperidine rings is 1.